The number of aromatic nitrogens is 3. The van der Waals surface area contributed by atoms with Gasteiger partial charge in [-0.2, -0.15) is 0 Å². The van der Waals surface area contributed by atoms with Crippen molar-refractivity contribution >= 4 is 17.0 Å². The fraction of sp³-hybridized carbons (Fsp3) is 0.200. The molecular weight excluding hydrogens is 250 g/mol. The van der Waals surface area contributed by atoms with Crippen molar-refractivity contribution in [3.8, 4) is 0 Å². The molecule has 0 aliphatic heterocycles. The van der Waals surface area contributed by atoms with Crippen LogP contribution in [0.15, 0.2) is 42.5 Å². The van der Waals surface area contributed by atoms with Gasteiger partial charge in [-0.15, -0.1) is 0 Å². The van der Waals surface area contributed by atoms with Crippen LogP contribution >= 0.6 is 0 Å². The monoisotopic (exact) mass is 267 g/mol. The van der Waals surface area contributed by atoms with E-state index in [1.165, 1.54) is 5.56 Å². The third-order valence-corrected chi connectivity index (χ3v) is 3.32. The van der Waals surface area contributed by atoms with Crippen LogP contribution in [0.2, 0.25) is 0 Å². The van der Waals surface area contributed by atoms with Crippen LogP contribution in [-0.2, 0) is 6.42 Å². The Kier molecular flexibility index (Phi) is 3.35. The molecule has 2 heterocycles. The van der Waals surface area contributed by atoms with Gasteiger partial charge in [-0.25, -0.2) is 9.97 Å². The van der Waals surface area contributed by atoms with Gasteiger partial charge >= 0.3 is 0 Å². The average molecular weight is 267 g/mol. The van der Waals surface area contributed by atoms with Crippen molar-refractivity contribution in [2.45, 2.75) is 18.9 Å². The number of benzene rings is 1. The number of rotatable bonds is 4. The minimum Gasteiger partial charge on any atom is -0.384 e. The standard InChI is InChI=1S/C15H17N5/c16-11(7-6-10-4-2-1-3-5-10)14-18-12-8-9-13(17)19-15(12)20-14/h1-5,8-9,11H,6-7,16H2,(H3,17,18,19,20). The van der Waals surface area contributed by atoms with Gasteiger partial charge in [0.2, 0.25) is 0 Å². The van der Waals surface area contributed by atoms with E-state index in [4.69, 9.17) is 11.5 Å². The van der Waals surface area contributed by atoms with Crippen molar-refractivity contribution in [2.24, 2.45) is 5.73 Å². The van der Waals surface area contributed by atoms with E-state index >= 15 is 0 Å². The summed E-state index contributed by atoms with van der Waals surface area (Å²) in [6.07, 6.45) is 1.76. The highest BCUT2D eigenvalue weighted by Crippen LogP contribution is 2.18. The third kappa shape index (κ3) is 2.62. The highest BCUT2D eigenvalue weighted by molar-refractivity contribution is 5.72. The number of hydrogen-bond donors (Lipinski definition) is 3. The fourth-order valence-electron chi connectivity index (χ4n) is 2.21. The Morgan fingerprint density at radius 1 is 1.05 bits per heavy atom. The molecule has 102 valence electrons. The first-order valence-electron chi connectivity index (χ1n) is 6.64. The zero-order chi connectivity index (χ0) is 13.9. The molecule has 1 aromatic carbocycles. The van der Waals surface area contributed by atoms with Gasteiger partial charge < -0.3 is 16.5 Å². The van der Waals surface area contributed by atoms with E-state index < -0.39 is 0 Å². The number of aromatic amines is 1. The van der Waals surface area contributed by atoms with Gasteiger partial charge in [0.1, 0.15) is 11.6 Å². The highest BCUT2D eigenvalue weighted by atomic mass is 15.0. The summed E-state index contributed by atoms with van der Waals surface area (Å²) in [5, 5.41) is 0. The number of hydrogen-bond acceptors (Lipinski definition) is 4. The number of nitrogens with one attached hydrogen (secondary N) is 1. The highest BCUT2D eigenvalue weighted by Gasteiger charge is 2.12. The van der Waals surface area contributed by atoms with E-state index in [-0.39, 0.29) is 6.04 Å². The second-order valence-electron chi connectivity index (χ2n) is 4.86. The molecule has 1 atom stereocenters. The smallest absolute Gasteiger partial charge is 0.179 e. The van der Waals surface area contributed by atoms with E-state index in [2.05, 4.69) is 27.1 Å². The van der Waals surface area contributed by atoms with Gasteiger partial charge in [0.25, 0.3) is 0 Å². The van der Waals surface area contributed by atoms with Crippen LogP contribution in [0.25, 0.3) is 11.2 Å². The van der Waals surface area contributed by atoms with Gasteiger partial charge in [-0.05, 0) is 30.5 Å². The van der Waals surface area contributed by atoms with E-state index in [1.54, 1.807) is 6.07 Å². The van der Waals surface area contributed by atoms with Crippen LogP contribution in [-0.4, -0.2) is 15.0 Å². The Bertz CT molecular complexity index is 705. The first-order chi connectivity index (χ1) is 9.72. The first kappa shape index (κ1) is 12.6. The summed E-state index contributed by atoms with van der Waals surface area (Å²) in [7, 11) is 0. The molecule has 20 heavy (non-hydrogen) atoms. The summed E-state index contributed by atoms with van der Waals surface area (Å²) in [5.41, 5.74) is 14.6. The summed E-state index contributed by atoms with van der Waals surface area (Å²) < 4.78 is 0. The second-order valence-corrected chi connectivity index (χ2v) is 4.86. The predicted octanol–water partition coefficient (Wildman–Crippen LogP) is 2.17. The molecule has 5 N–H and O–H groups in total. The molecule has 2 aromatic heterocycles. The van der Waals surface area contributed by atoms with Crippen molar-refractivity contribution in [1.82, 2.24) is 15.0 Å². The van der Waals surface area contributed by atoms with Crippen molar-refractivity contribution < 1.29 is 0 Å². The molecule has 1 unspecified atom stereocenters. The Hall–Kier alpha value is -2.40. The number of H-pyrrole nitrogens is 1. The van der Waals surface area contributed by atoms with Crippen LogP contribution in [0.5, 0.6) is 0 Å². The van der Waals surface area contributed by atoms with E-state index in [9.17, 15) is 0 Å². The van der Waals surface area contributed by atoms with Crippen LogP contribution in [0.1, 0.15) is 23.9 Å². The maximum atomic E-state index is 6.19. The zero-order valence-corrected chi connectivity index (χ0v) is 11.1. The summed E-state index contributed by atoms with van der Waals surface area (Å²) >= 11 is 0. The summed E-state index contributed by atoms with van der Waals surface area (Å²) in [4.78, 5) is 11.8. The third-order valence-electron chi connectivity index (χ3n) is 3.32. The number of nitrogens with zero attached hydrogens (tertiary/aromatic N) is 2. The predicted molar refractivity (Wildman–Crippen MR) is 80.0 cm³/mol. The number of fused-ring (bicyclic) bond motifs is 1. The number of pyridine rings is 1. The minimum atomic E-state index is -0.134. The molecule has 0 fully saturated rings. The van der Waals surface area contributed by atoms with Crippen LogP contribution in [0, 0.1) is 0 Å². The molecule has 5 heteroatoms. The SMILES string of the molecule is Nc1ccc2[nH]c(C(N)CCc3ccccc3)nc2n1. The molecule has 3 aromatic rings. The molecule has 3 rings (SSSR count). The molecule has 0 saturated heterocycles. The topological polar surface area (TPSA) is 93.6 Å². The Labute approximate surface area is 117 Å². The van der Waals surface area contributed by atoms with Crippen LogP contribution in [0.4, 0.5) is 5.82 Å². The molecule has 0 aliphatic carbocycles. The van der Waals surface area contributed by atoms with E-state index in [0.717, 1.165) is 24.2 Å². The molecule has 0 saturated carbocycles. The molecule has 5 nitrogen and oxygen atoms in total. The minimum absolute atomic E-state index is 0.134. The first-order valence-corrected chi connectivity index (χ1v) is 6.64. The quantitative estimate of drug-likeness (QED) is 0.675. The average Bonchev–Trinajstić information content (AvgIpc) is 2.89. The number of nitrogens with two attached hydrogens (primary N) is 2. The van der Waals surface area contributed by atoms with Crippen LogP contribution < -0.4 is 11.5 Å². The second kappa shape index (κ2) is 5.30. The molecule has 0 radical (unpaired) electrons. The fourth-order valence-corrected chi connectivity index (χ4v) is 2.21. The van der Waals surface area contributed by atoms with Gasteiger partial charge in [-0.3, -0.25) is 0 Å². The summed E-state index contributed by atoms with van der Waals surface area (Å²) in [6, 6.07) is 13.8. The van der Waals surface area contributed by atoms with Gasteiger partial charge in [-0.1, -0.05) is 30.3 Å². The van der Waals surface area contributed by atoms with Crippen molar-refractivity contribution in [3.63, 3.8) is 0 Å². The summed E-state index contributed by atoms with van der Waals surface area (Å²) in [6.45, 7) is 0. The lowest BCUT2D eigenvalue weighted by Gasteiger charge is -2.08. The van der Waals surface area contributed by atoms with E-state index in [0.29, 0.717) is 11.5 Å². The lowest BCUT2D eigenvalue weighted by atomic mass is 10.1. The van der Waals surface area contributed by atoms with Crippen molar-refractivity contribution in [1.29, 1.82) is 0 Å². The van der Waals surface area contributed by atoms with Gasteiger partial charge in [0.05, 0.1) is 11.6 Å². The van der Waals surface area contributed by atoms with Gasteiger partial charge in [0.15, 0.2) is 5.65 Å². The number of aryl methyl sites for hydroxylation is 1. The molecule has 0 amide bonds. The molecule has 0 aliphatic rings. The Balaban J connectivity index is 1.73. The van der Waals surface area contributed by atoms with Crippen molar-refractivity contribution in [2.75, 3.05) is 5.73 Å². The Morgan fingerprint density at radius 2 is 1.85 bits per heavy atom. The molecule has 0 spiro atoms. The number of nitrogen functional groups attached to an aromatic ring is 1. The number of imidazole rings is 1. The largest absolute Gasteiger partial charge is 0.384 e. The molecular formula is C15H17N5. The van der Waals surface area contributed by atoms with Crippen LogP contribution in [0.3, 0.4) is 0 Å². The maximum absolute atomic E-state index is 6.19. The van der Waals surface area contributed by atoms with E-state index in [1.807, 2.05) is 24.3 Å². The summed E-state index contributed by atoms with van der Waals surface area (Å²) in [5.74, 6) is 1.22. The van der Waals surface area contributed by atoms with Gasteiger partial charge in [0, 0.05) is 0 Å². The zero-order valence-electron chi connectivity index (χ0n) is 11.1. The molecule has 0 bridgehead atoms. The lowest BCUT2D eigenvalue weighted by molar-refractivity contribution is 0.621. The maximum Gasteiger partial charge on any atom is 0.179 e. The normalized spacial score (nSPS) is 12.7. The van der Waals surface area contributed by atoms with Crippen molar-refractivity contribution in [3.05, 3.63) is 53.9 Å². The lowest BCUT2D eigenvalue weighted by Crippen LogP contribution is -2.13. The number of anilines is 1. The Morgan fingerprint density at radius 3 is 2.65 bits per heavy atom.